The van der Waals surface area contributed by atoms with Crippen LogP contribution in [0.5, 0.6) is 0 Å². The maximum absolute atomic E-state index is 12.0. The van der Waals surface area contributed by atoms with Crippen molar-refractivity contribution in [3.05, 3.63) is 12.4 Å². The molecule has 1 aromatic heterocycles. The summed E-state index contributed by atoms with van der Waals surface area (Å²) in [5.74, 6) is -1.20. The van der Waals surface area contributed by atoms with Gasteiger partial charge in [0.1, 0.15) is 6.10 Å². The van der Waals surface area contributed by atoms with Crippen LogP contribution in [0.3, 0.4) is 0 Å². The van der Waals surface area contributed by atoms with Crippen LogP contribution in [0.2, 0.25) is 0 Å². The van der Waals surface area contributed by atoms with E-state index in [1.54, 1.807) is 0 Å². The van der Waals surface area contributed by atoms with E-state index in [0.29, 0.717) is 18.7 Å². The Kier molecular flexibility index (Phi) is 4.08. The van der Waals surface area contributed by atoms with Crippen molar-refractivity contribution < 1.29 is 19.4 Å². The largest absolute Gasteiger partial charge is 0.479 e. The van der Waals surface area contributed by atoms with Crippen LogP contribution in [0.25, 0.3) is 0 Å². The van der Waals surface area contributed by atoms with Gasteiger partial charge in [0.05, 0.1) is 11.9 Å². The molecule has 1 saturated heterocycles. The Balaban J connectivity index is 2.02. The number of anilines is 1. The number of aliphatic carboxylic acids is 1. The minimum absolute atomic E-state index is 0.211. The zero-order valence-corrected chi connectivity index (χ0v) is 11.6. The zero-order chi connectivity index (χ0) is 14.8. The standard InChI is InChI=1S/C13H19N3O4/c1-13(2,12(18)19)16-8-9(7-14-16)15-11(17)10-5-3-4-6-20-10/h7-8,10H,3-6H2,1-2H3,(H,15,17)(H,18,19). The number of rotatable bonds is 4. The van der Waals surface area contributed by atoms with Gasteiger partial charge in [0.25, 0.3) is 5.91 Å². The number of hydrogen-bond acceptors (Lipinski definition) is 4. The molecule has 1 fully saturated rings. The second kappa shape index (κ2) is 5.62. The van der Waals surface area contributed by atoms with Crippen LogP contribution in [-0.4, -0.2) is 39.5 Å². The molecule has 1 amide bonds. The van der Waals surface area contributed by atoms with Crippen molar-refractivity contribution >= 4 is 17.6 Å². The van der Waals surface area contributed by atoms with E-state index in [4.69, 9.17) is 9.84 Å². The summed E-state index contributed by atoms with van der Waals surface area (Å²) in [5.41, 5.74) is -0.692. The number of nitrogens with zero attached hydrogens (tertiary/aromatic N) is 2. The van der Waals surface area contributed by atoms with Gasteiger partial charge >= 0.3 is 5.97 Å². The van der Waals surface area contributed by atoms with E-state index in [1.807, 2.05) is 0 Å². The van der Waals surface area contributed by atoms with Crippen LogP contribution < -0.4 is 5.32 Å². The molecule has 2 heterocycles. The van der Waals surface area contributed by atoms with Gasteiger partial charge in [0.15, 0.2) is 5.54 Å². The maximum atomic E-state index is 12.0. The van der Waals surface area contributed by atoms with Gasteiger partial charge in [0.2, 0.25) is 0 Å². The lowest BCUT2D eigenvalue weighted by Crippen LogP contribution is -2.36. The lowest BCUT2D eigenvalue weighted by atomic mass is 10.1. The summed E-state index contributed by atoms with van der Waals surface area (Å²) < 4.78 is 6.70. The predicted molar refractivity (Wildman–Crippen MR) is 71.4 cm³/mol. The zero-order valence-electron chi connectivity index (χ0n) is 11.6. The van der Waals surface area contributed by atoms with Gasteiger partial charge in [-0.2, -0.15) is 5.10 Å². The fraction of sp³-hybridized carbons (Fsp3) is 0.615. The molecule has 0 aromatic carbocycles. The number of carboxylic acids is 1. The quantitative estimate of drug-likeness (QED) is 0.865. The SMILES string of the molecule is CC(C)(C(=O)O)n1cc(NC(=O)C2CCCCO2)cn1. The number of hydrogen-bond donors (Lipinski definition) is 2. The van der Waals surface area contributed by atoms with Crippen molar-refractivity contribution in [3.8, 4) is 0 Å². The van der Waals surface area contributed by atoms with E-state index in [0.717, 1.165) is 12.8 Å². The van der Waals surface area contributed by atoms with E-state index >= 15 is 0 Å². The van der Waals surface area contributed by atoms with Crippen molar-refractivity contribution in [2.24, 2.45) is 0 Å². The first-order chi connectivity index (χ1) is 9.41. The third kappa shape index (κ3) is 2.98. The Morgan fingerprint density at radius 2 is 2.25 bits per heavy atom. The molecule has 2 N–H and O–H groups in total. The number of ether oxygens (including phenoxy) is 1. The fourth-order valence-corrected chi connectivity index (χ4v) is 1.96. The van der Waals surface area contributed by atoms with E-state index in [1.165, 1.54) is 30.9 Å². The molecule has 1 aliphatic heterocycles. The summed E-state index contributed by atoms with van der Waals surface area (Å²) in [4.78, 5) is 23.1. The number of carbonyl (C=O) groups is 2. The summed E-state index contributed by atoms with van der Waals surface area (Å²) in [5, 5.41) is 15.8. The van der Waals surface area contributed by atoms with Gasteiger partial charge in [-0.05, 0) is 33.1 Å². The molecule has 1 aliphatic rings. The van der Waals surface area contributed by atoms with Gasteiger partial charge in [-0.15, -0.1) is 0 Å². The van der Waals surface area contributed by atoms with Crippen LogP contribution in [0.15, 0.2) is 12.4 Å². The van der Waals surface area contributed by atoms with Crippen molar-refractivity contribution in [3.63, 3.8) is 0 Å². The van der Waals surface area contributed by atoms with Gasteiger partial charge in [-0.3, -0.25) is 9.48 Å². The van der Waals surface area contributed by atoms with E-state index in [9.17, 15) is 9.59 Å². The van der Waals surface area contributed by atoms with Gasteiger partial charge in [0, 0.05) is 12.8 Å². The molecule has 0 radical (unpaired) electrons. The molecule has 1 aromatic rings. The molecule has 0 spiro atoms. The van der Waals surface area contributed by atoms with Crippen LogP contribution >= 0.6 is 0 Å². The number of carbonyl (C=O) groups excluding carboxylic acids is 1. The molecule has 1 atom stereocenters. The predicted octanol–water partition coefficient (Wildman–Crippen LogP) is 1.21. The average Bonchev–Trinajstić information content (AvgIpc) is 2.88. The fourth-order valence-electron chi connectivity index (χ4n) is 1.96. The summed E-state index contributed by atoms with van der Waals surface area (Å²) in [6.45, 7) is 3.68. The van der Waals surface area contributed by atoms with Crippen LogP contribution in [0.4, 0.5) is 5.69 Å². The molecule has 1 unspecified atom stereocenters. The Morgan fingerprint density at radius 3 is 2.85 bits per heavy atom. The lowest BCUT2D eigenvalue weighted by Gasteiger charge is -2.21. The number of aromatic nitrogens is 2. The number of carboxylic acid groups (broad SMARTS) is 1. The normalized spacial score (nSPS) is 19.6. The van der Waals surface area contributed by atoms with Crippen molar-refractivity contribution in [2.45, 2.75) is 44.8 Å². The van der Waals surface area contributed by atoms with Crippen molar-refractivity contribution in [1.82, 2.24) is 9.78 Å². The van der Waals surface area contributed by atoms with Crippen LogP contribution in [0.1, 0.15) is 33.1 Å². The number of nitrogens with one attached hydrogen (secondary N) is 1. The van der Waals surface area contributed by atoms with E-state index < -0.39 is 17.6 Å². The average molecular weight is 281 g/mol. The molecule has 0 saturated carbocycles. The maximum Gasteiger partial charge on any atom is 0.331 e. The summed E-state index contributed by atoms with van der Waals surface area (Å²) in [6, 6.07) is 0. The van der Waals surface area contributed by atoms with E-state index in [2.05, 4.69) is 10.4 Å². The molecular weight excluding hydrogens is 262 g/mol. The minimum Gasteiger partial charge on any atom is -0.479 e. The smallest absolute Gasteiger partial charge is 0.331 e. The summed E-state index contributed by atoms with van der Waals surface area (Å²) in [6.07, 6.45) is 5.18. The summed E-state index contributed by atoms with van der Waals surface area (Å²) in [7, 11) is 0. The molecule has 7 heteroatoms. The molecule has 0 aliphatic carbocycles. The van der Waals surface area contributed by atoms with E-state index in [-0.39, 0.29) is 5.91 Å². The van der Waals surface area contributed by atoms with Gasteiger partial charge < -0.3 is 15.2 Å². The monoisotopic (exact) mass is 281 g/mol. The third-order valence-electron chi connectivity index (χ3n) is 3.42. The Labute approximate surface area is 116 Å². The first-order valence-corrected chi connectivity index (χ1v) is 6.62. The molecule has 110 valence electrons. The van der Waals surface area contributed by atoms with Crippen molar-refractivity contribution in [1.29, 1.82) is 0 Å². The molecule has 0 bridgehead atoms. The van der Waals surface area contributed by atoms with Gasteiger partial charge in [-0.1, -0.05) is 0 Å². The topological polar surface area (TPSA) is 93.5 Å². The molecule has 20 heavy (non-hydrogen) atoms. The Hall–Kier alpha value is -1.89. The highest BCUT2D eigenvalue weighted by atomic mass is 16.5. The second-order valence-electron chi connectivity index (χ2n) is 5.38. The summed E-state index contributed by atoms with van der Waals surface area (Å²) >= 11 is 0. The van der Waals surface area contributed by atoms with Crippen molar-refractivity contribution in [2.75, 3.05) is 11.9 Å². The highest BCUT2D eigenvalue weighted by molar-refractivity contribution is 5.94. The molecular formula is C13H19N3O4. The highest BCUT2D eigenvalue weighted by Gasteiger charge is 2.30. The second-order valence-corrected chi connectivity index (χ2v) is 5.38. The van der Waals surface area contributed by atoms with Crippen LogP contribution in [0, 0.1) is 0 Å². The first-order valence-electron chi connectivity index (χ1n) is 6.62. The Bertz CT molecular complexity index is 503. The van der Waals surface area contributed by atoms with Crippen LogP contribution in [-0.2, 0) is 19.9 Å². The molecule has 7 nitrogen and oxygen atoms in total. The Morgan fingerprint density at radius 1 is 1.50 bits per heavy atom. The number of amides is 1. The minimum atomic E-state index is -1.16. The first kappa shape index (κ1) is 14.5. The van der Waals surface area contributed by atoms with Gasteiger partial charge in [-0.25, -0.2) is 4.79 Å². The lowest BCUT2D eigenvalue weighted by molar-refractivity contribution is -0.146. The highest BCUT2D eigenvalue weighted by Crippen LogP contribution is 2.19. The molecule has 2 rings (SSSR count). The third-order valence-corrected chi connectivity index (χ3v) is 3.42.